The zero-order chi connectivity index (χ0) is 20.1. The van der Waals surface area contributed by atoms with Crippen molar-refractivity contribution in [3.8, 4) is 22.3 Å². The fourth-order valence-electron chi connectivity index (χ4n) is 5.84. The van der Waals surface area contributed by atoms with Gasteiger partial charge in [-0.15, -0.1) is 0 Å². The monoisotopic (exact) mass is 395 g/mol. The number of hydrogen-bond donors (Lipinski definition) is 0. The van der Waals surface area contributed by atoms with Gasteiger partial charge in [0.2, 0.25) is 0 Å². The fourth-order valence-corrected chi connectivity index (χ4v) is 5.84. The van der Waals surface area contributed by atoms with Crippen LogP contribution in [0.15, 0.2) is 79.3 Å². The standard InChI is InChI=1S/C28H17N3/c1-2-5-18-16(4-1)12-23-19(18)7-8-20-22-15-25-21-6-3-9-29-27(21)31-11-10-30-28(31)26(25)14-17(22)13-24(20)23/h1-11,14-15H,12-13H2. The van der Waals surface area contributed by atoms with Crippen LogP contribution in [0.4, 0.5) is 0 Å². The van der Waals surface area contributed by atoms with Gasteiger partial charge in [-0.25, -0.2) is 9.97 Å². The predicted molar refractivity (Wildman–Crippen MR) is 124 cm³/mol. The minimum absolute atomic E-state index is 0.963. The molecule has 2 aliphatic rings. The Morgan fingerprint density at radius 3 is 2.29 bits per heavy atom. The van der Waals surface area contributed by atoms with E-state index in [1.807, 2.05) is 24.7 Å². The SMILES string of the molecule is c1ccc2c(c1)Cc1c-2ccc2c1Cc1cc3c(cc1-2)c1cccnc1n1ccnc31. The van der Waals surface area contributed by atoms with Crippen LogP contribution in [-0.4, -0.2) is 14.4 Å². The highest BCUT2D eigenvalue weighted by atomic mass is 15.0. The van der Waals surface area contributed by atoms with E-state index in [4.69, 9.17) is 0 Å². The molecule has 3 aromatic heterocycles. The van der Waals surface area contributed by atoms with Crippen molar-refractivity contribution in [1.29, 1.82) is 0 Å². The highest BCUT2D eigenvalue weighted by Crippen LogP contribution is 2.47. The van der Waals surface area contributed by atoms with E-state index in [0.717, 1.165) is 24.1 Å². The van der Waals surface area contributed by atoms with Crippen molar-refractivity contribution in [2.45, 2.75) is 12.8 Å². The summed E-state index contributed by atoms with van der Waals surface area (Å²) in [5.74, 6) is 0. The number of rotatable bonds is 0. The normalized spacial score (nSPS) is 13.5. The molecule has 0 aliphatic heterocycles. The first-order chi connectivity index (χ1) is 15.4. The molecule has 0 N–H and O–H groups in total. The van der Waals surface area contributed by atoms with Crippen molar-refractivity contribution in [2.75, 3.05) is 0 Å². The van der Waals surface area contributed by atoms with Gasteiger partial charge in [-0.1, -0.05) is 36.4 Å². The zero-order valence-corrected chi connectivity index (χ0v) is 16.8. The summed E-state index contributed by atoms with van der Waals surface area (Å²) in [4.78, 5) is 9.34. The topological polar surface area (TPSA) is 30.2 Å². The number of benzene rings is 3. The van der Waals surface area contributed by atoms with E-state index < -0.39 is 0 Å². The molecule has 31 heavy (non-hydrogen) atoms. The Morgan fingerprint density at radius 1 is 0.581 bits per heavy atom. The van der Waals surface area contributed by atoms with Gasteiger partial charge in [0.15, 0.2) is 0 Å². The minimum atomic E-state index is 0.963. The molecule has 0 saturated heterocycles. The molecule has 0 radical (unpaired) electrons. The lowest BCUT2D eigenvalue weighted by atomic mass is 9.96. The number of pyridine rings is 2. The molecule has 0 unspecified atom stereocenters. The van der Waals surface area contributed by atoms with E-state index in [0.29, 0.717) is 0 Å². The second-order valence-corrected chi connectivity index (χ2v) is 8.68. The van der Waals surface area contributed by atoms with Crippen LogP contribution in [-0.2, 0) is 12.8 Å². The Hall–Kier alpha value is -3.98. The molecule has 0 amide bonds. The number of aromatic nitrogens is 3. The van der Waals surface area contributed by atoms with Crippen LogP contribution >= 0.6 is 0 Å². The number of nitrogens with zero attached hydrogens (tertiary/aromatic N) is 3. The smallest absolute Gasteiger partial charge is 0.146 e. The third kappa shape index (κ3) is 1.89. The Kier molecular flexibility index (Phi) is 2.74. The third-order valence-electron chi connectivity index (χ3n) is 7.19. The first-order valence-electron chi connectivity index (χ1n) is 10.8. The Balaban J connectivity index is 1.44. The molecule has 0 bridgehead atoms. The Bertz CT molecular complexity index is 1740. The molecule has 0 saturated carbocycles. The third-order valence-corrected chi connectivity index (χ3v) is 7.19. The maximum absolute atomic E-state index is 4.68. The molecule has 3 heteroatoms. The van der Waals surface area contributed by atoms with Crippen LogP contribution in [0.5, 0.6) is 0 Å². The van der Waals surface area contributed by atoms with Crippen LogP contribution in [0.3, 0.4) is 0 Å². The first-order valence-corrected chi connectivity index (χ1v) is 10.8. The van der Waals surface area contributed by atoms with Crippen molar-refractivity contribution in [2.24, 2.45) is 0 Å². The lowest BCUT2D eigenvalue weighted by Crippen LogP contribution is -1.94. The van der Waals surface area contributed by atoms with Crippen LogP contribution < -0.4 is 0 Å². The van der Waals surface area contributed by atoms with Gasteiger partial charge in [-0.2, -0.15) is 0 Å². The summed E-state index contributed by atoms with van der Waals surface area (Å²) >= 11 is 0. The van der Waals surface area contributed by atoms with E-state index in [1.54, 1.807) is 0 Å². The largest absolute Gasteiger partial charge is 0.283 e. The van der Waals surface area contributed by atoms with Gasteiger partial charge in [0.1, 0.15) is 11.3 Å². The summed E-state index contributed by atoms with van der Waals surface area (Å²) in [6, 6.07) is 22.4. The summed E-state index contributed by atoms with van der Waals surface area (Å²) in [6.07, 6.45) is 7.78. The average molecular weight is 395 g/mol. The highest BCUT2D eigenvalue weighted by molar-refractivity contribution is 6.12. The van der Waals surface area contributed by atoms with E-state index in [-0.39, 0.29) is 0 Å². The van der Waals surface area contributed by atoms with Gasteiger partial charge in [-0.3, -0.25) is 4.40 Å². The Morgan fingerprint density at radius 2 is 1.35 bits per heavy atom. The maximum Gasteiger partial charge on any atom is 0.146 e. The van der Waals surface area contributed by atoms with E-state index in [9.17, 15) is 0 Å². The second-order valence-electron chi connectivity index (χ2n) is 8.68. The minimum Gasteiger partial charge on any atom is -0.283 e. The van der Waals surface area contributed by atoms with Crippen molar-refractivity contribution >= 4 is 27.5 Å². The molecule has 8 rings (SSSR count). The van der Waals surface area contributed by atoms with Gasteiger partial charge in [0.05, 0.1) is 0 Å². The van der Waals surface area contributed by atoms with E-state index in [1.165, 1.54) is 60.7 Å². The van der Waals surface area contributed by atoms with E-state index in [2.05, 4.69) is 69.0 Å². The van der Waals surface area contributed by atoms with Crippen molar-refractivity contribution in [3.63, 3.8) is 0 Å². The van der Waals surface area contributed by atoms with Gasteiger partial charge in [0.25, 0.3) is 0 Å². The molecular formula is C28H17N3. The van der Waals surface area contributed by atoms with Crippen LogP contribution in [0.2, 0.25) is 0 Å². The lowest BCUT2D eigenvalue weighted by Gasteiger charge is -2.10. The van der Waals surface area contributed by atoms with Gasteiger partial charge < -0.3 is 0 Å². The molecule has 0 atom stereocenters. The van der Waals surface area contributed by atoms with Crippen molar-refractivity contribution in [3.05, 3.63) is 102 Å². The van der Waals surface area contributed by atoms with Crippen LogP contribution in [0.25, 0.3) is 49.7 Å². The predicted octanol–water partition coefficient (Wildman–Crippen LogP) is 6.18. The summed E-state index contributed by atoms with van der Waals surface area (Å²) < 4.78 is 2.11. The first kappa shape index (κ1) is 15.8. The number of imidazole rings is 1. The van der Waals surface area contributed by atoms with Crippen molar-refractivity contribution in [1.82, 2.24) is 14.4 Å². The van der Waals surface area contributed by atoms with Crippen molar-refractivity contribution < 1.29 is 0 Å². The van der Waals surface area contributed by atoms with E-state index >= 15 is 0 Å². The zero-order valence-electron chi connectivity index (χ0n) is 16.8. The molecule has 0 fully saturated rings. The lowest BCUT2D eigenvalue weighted by molar-refractivity contribution is 1.16. The summed E-state index contributed by atoms with van der Waals surface area (Å²) in [7, 11) is 0. The summed E-state index contributed by atoms with van der Waals surface area (Å²) in [5.41, 5.74) is 13.4. The molecule has 2 aliphatic carbocycles. The molecule has 144 valence electrons. The second kappa shape index (κ2) is 5.38. The molecule has 3 heterocycles. The van der Waals surface area contributed by atoms with Crippen LogP contribution in [0.1, 0.15) is 22.3 Å². The molecule has 0 spiro atoms. The molecular weight excluding hydrogens is 378 g/mol. The molecule has 3 nitrogen and oxygen atoms in total. The summed E-state index contributed by atoms with van der Waals surface area (Å²) in [5, 5.41) is 3.61. The number of fused-ring (bicyclic) bond motifs is 13. The fraction of sp³-hybridized carbons (Fsp3) is 0.0714. The van der Waals surface area contributed by atoms with Gasteiger partial charge in [0, 0.05) is 29.4 Å². The Labute approximate surface area is 178 Å². The maximum atomic E-state index is 4.68. The summed E-state index contributed by atoms with van der Waals surface area (Å²) in [6.45, 7) is 0. The van der Waals surface area contributed by atoms with Crippen LogP contribution in [0, 0.1) is 0 Å². The van der Waals surface area contributed by atoms with Gasteiger partial charge in [-0.05, 0) is 87.0 Å². The quantitative estimate of drug-likeness (QED) is 0.287. The number of hydrogen-bond acceptors (Lipinski definition) is 2. The van der Waals surface area contributed by atoms with Gasteiger partial charge >= 0.3 is 0 Å². The highest BCUT2D eigenvalue weighted by Gasteiger charge is 2.28. The average Bonchev–Trinajstić information content (AvgIpc) is 3.53. The molecule has 3 aromatic carbocycles. The molecule has 6 aromatic rings.